The number of nitrogens with zero attached hydrogens (tertiary/aromatic N) is 2. The van der Waals surface area contributed by atoms with Gasteiger partial charge in [-0.2, -0.15) is 0 Å². The van der Waals surface area contributed by atoms with Gasteiger partial charge in [0.1, 0.15) is 0 Å². The lowest BCUT2D eigenvalue weighted by Gasteiger charge is -2.29. The summed E-state index contributed by atoms with van der Waals surface area (Å²) < 4.78 is 0. The highest BCUT2D eigenvalue weighted by atomic mass is 16.1. The molecule has 1 amide bonds. The summed E-state index contributed by atoms with van der Waals surface area (Å²) in [5.74, 6) is 0.520. The molecule has 1 saturated heterocycles. The molecule has 1 fully saturated rings. The first-order valence-electron chi connectivity index (χ1n) is 7.85. The van der Waals surface area contributed by atoms with Gasteiger partial charge >= 0.3 is 0 Å². The molecule has 5 nitrogen and oxygen atoms in total. The van der Waals surface area contributed by atoms with Crippen LogP contribution >= 0.6 is 0 Å². The molecule has 1 aliphatic rings. The lowest BCUT2D eigenvalue weighted by molar-refractivity contribution is 0.0937. The lowest BCUT2D eigenvalue weighted by atomic mass is 9.98. The number of rotatable bonds is 6. The van der Waals surface area contributed by atoms with Crippen LogP contribution in [-0.4, -0.2) is 49.0 Å². The van der Waals surface area contributed by atoms with Gasteiger partial charge in [0, 0.05) is 32.0 Å². The van der Waals surface area contributed by atoms with E-state index in [9.17, 15) is 4.79 Å². The second-order valence-electron chi connectivity index (χ2n) is 5.83. The van der Waals surface area contributed by atoms with Gasteiger partial charge in [-0.15, -0.1) is 0 Å². The maximum absolute atomic E-state index is 12.3. The Kier molecular flexibility index (Phi) is 5.99. The van der Waals surface area contributed by atoms with Crippen molar-refractivity contribution in [2.45, 2.75) is 26.2 Å². The molecule has 0 aliphatic carbocycles. The van der Waals surface area contributed by atoms with E-state index in [4.69, 9.17) is 0 Å². The van der Waals surface area contributed by atoms with Crippen LogP contribution in [0.5, 0.6) is 0 Å². The van der Waals surface area contributed by atoms with Crippen LogP contribution in [0.4, 0.5) is 5.69 Å². The smallest absolute Gasteiger partial charge is 0.254 e. The molecule has 2 heterocycles. The van der Waals surface area contributed by atoms with Gasteiger partial charge in [-0.1, -0.05) is 6.92 Å². The summed E-state index contributed by atoms with van der Waals surface area (Å²) in [6.45, 7) is 5.93. The highest BCUT2D eigenvalue weighted by molar-refractivity contribution is 5.99. The number of hydrogen-bond donors (Lipinski definition) is 2. The van der Waals surface area contributed by atoms with Crippen LogP contribution in [0.3, 0.4) is 0 Å². The summed E-state index contributed by atoms with van der Waals surface area (Å²) in [6, 6.07) is 1.86. The highest BCUT2D eigenvalue weighted by Gasteiger charge is 2.19. The van der Waals surface area contributed by atoms with Crippen LogP contribution in [-0.2, 0) is 0 Å². The van der Waals surface area contributed by atoms with E-state index >= 15 is 0 Å². The standard InChI is InChI=1S/C16H26N4O/c1-3-7-18-15-6-8-17-11-14(15)16(21)19-10-13-5-4-9-20(2)12-13/h6,8,11,13H,3-5,7,9-10,12H2,1-2H3,(H,17,18)(H,19,21). The Balaban J connectivity index is 1.90. The Hall–Kier alpha value is -1.62. The molecular weight excluding hydrogens is 264 g/mol. The molecule has 0 bridgehead atoms. The minimum atomic E-state index is -0.0325. The van der Waals surface area contributed by atoms with Crippen LogP contribution in [0.15, 0.2) is 18.5 Å². The molecule has 1 aromatic rings. The predicted molar refractivity (Wildman–Crippen MR) is 85.6 cm³/mol. The van der Waals surface area contributed by atoms with Crippen molar-refractivity contribution in [2.24, 2.45) is 5.92 Å². The number of likely N-dealkylation sites (tertiary alicyclic amines) is 1. The molecule has 1 unspecified atom stereocenters. The highest BCUT2D eigenvalue weighted by Crippen LogP contribution is 2.16. The SMILES string of the molecule is CCCNc1ccncc1C(=O)NCC1CCCN(C)C1. The Morgan fingerprint density at radius 1 is 1.52 bits per heavy atom. The van der Waals surface area contributed by atoms with Gasteiger partial charge in [0.15, 0.2) is 0 Å². The van der Waals surface area contributed by atoms with Crippen LogP contribution < -0.4 is 10.6 Å². The predicted octanol–water partition coefficient (Wildman–Crippen LogP) is 1.98. The quantitative estimate of drug-likeness (QED) is 0.841. The average molecular weight is 290 g/mol. The van der Waals surface area contributed by atoms with Crippen LogP contribution in [0, 0.1) is 5.92 Å². The molecule has 1 atom stereocenters. The zero-order valence-electron chi connectivity index (χ0n) is 13.1. The number of aromatic nitrogens is 1. The average Bonchev–Trinajstić information content (AvgIpc) is 2.51. The van der Waals surface area contributed by atoms with E-state index in [2.05, 4.69) is 34.5 Å². The third kappa shape index (κ3) is 4.70. The van der Waals surface area contributed by atoms with E-state index in [1.54, 1.807) is 12.4 Å². The van der Waals surface area contributed by atoms with E-state index in [-0.39, 0.29) is 5.91 Å². The number of carbonyl (C=O) groups is 1. The summed E-state index contributed by atoms with van der Waals surface area (Å²) in [6.07, 6.45) is 6.79. The number of hydrogen-bond acceptors (Lipinski definition) is 4. The minimum absolute atomic E-state index is 0.0325. The second-order valence-corrected chi connectivity index (χ2v) is 5.83. The van der Waals surface area contributed by atoms with Gasteiger partial charge in [-0.25, -0.2) is 0 Å². The Labute approximate surface area is 127 Å². The maximum Gasteiger partial charge on any atom is 0.254 e. The molecule has 2 rings (SSSR count). The van der Waals surface area contributed by atoms with Crippen molar-refractivity contribution in [2.75, 3.05) is 38.5 Å². The summed E-state index contributed by atoms with van der Waals surface area (Å²) in [4.78, 5) is 18.8. The topological polar surface area (TPSA) is 57.3 Å². The van der Waals surface area contributed by atoms with E-state index in [1.165, 1.54) is 12.8 Å². The van der Waals surface area contributed by atoms with Crippen molar-refractivity contribution >= 4 is 11.6 Å². The number of piperidine rings is 1. The minimum Gasteiger partial charge on any atom is -0.384 e. The monoisotopic (exact) mass is 290 g/mol. The van der Waals surface area contributed by atoms with Crippen molar-refractivity contribution in [3.05, 3.63) is 24.0 Å². The summed E-state index contributed by atoms with van der Waals surface area (Å²) in [5.41, 5.74) is 1.50. The van der Waals surface area contributed by atoms with Crippen molar-refractivity contribution in [1.82, 2.24) is 15.2 Å². The molecule has 0 saturated carbocycles. The van der Waals surface area contributed by atoms with Gasteiger partial charge in [0.25, 0.3) is 5.91 Å². The second kappa shape index (κ2) is 7.98. The zero-order chi connectivity index (χ0) is 15.1. The van der Waals surface area contributed by atoms with Crippen molar-refractivity contribution < 1.29 is 4.79 Å². The molecule has 1 aliphatic heterocycles. The van der Waals surface area contributed by atoms with Gasteiger partial charge in [0.05, 0.1) is 11.3 Å². The van der Waals surface area contributed by atoms with Gasteiger partial charge in [-0.05, 0) is 44.8 Å². The van der Waals surface area contributed by atoms with Crippen LogP contribution in [0.2, 0.25) is 0 Å². The summed E-state index contributed by atoms with van der Waals surface area (Å²) in [5, 5.41) is 6.34. The molecule has 21 heavy (non-hydrogen) atoms. The largest absolute Gasteiger partial charge is 0.384 e. The van der Waals surface area contributed by atoms with E-state index < -0.39 is 0 Å². The maximum atomic E-state index is 12.3. The number of nitrogens with one attached hydrogen (secondary N) is 2. The lowest BCUT2D eigenvalue weighted by Crippen LogP contribution is -2.39. The van der Waals surface area contributed by atoms with E-state index in [0.29, 0.717) is 11.5 Å². The molecule has 0 aromatic carbocycles. The van der Waals surface area contributed by atoms with Crippen molar-refractivity contribution in [1.29, 1.82) is 0 Å². The third-order valence-electron chi connectivity index (χ3n) is 3.90. The Bertz CT molecular complexity index is 463. The molecule has 2 N–H and O–H groups in total. The first-order chi connectivity index (χ1) is 10.2. The molecular formula is C16H26N4O. The fourth-order valence-corrected chi connectivity index (χ4v) is 2.76. The fourth-order valence-electron chi connectivity index (χ4n) is 2.76. The Morgan fingerprint density at radius 2 is 2.38 bits per heavy atom. The molecule has 116 valence electrons. The van der Waals surface area contributed by atoms with E-state index in [1.807, 2.05) is 6.07 Å². The first-order valence-corrected chi connectivity index (χ1v) is 7.85. The molecule has 0 spiro atoms. The number of amides is 1. The number of pyridine rings is 1. The van der Waals surface area contributed by atoms with Gasteiger partial charge in [0.2, 0.25) is 0 Å². The summed E-state index contributed by atoms with van der Waals surface area (Å²) >= 11 is 0. The molecule has 0 radical (unpaired) electrons. The van der Waals surface area contributed by atoms with E-state index in [0.717, 1.165) is 38.3 Å². The number of anilines is 1. The van der Waals surface area contributed by atoms with Gasteiger partial charge in [-0.3, -0.25) is 9.78 Å². The zero-order valence-corrected chi connectivity index (χ0v) is 13.1. The van der Waals surface area contributed by atoms with Crippen LogP contribution in [0.1, 0.15) is 36.5 Å². The van der Waals surface area contributed by atoms with Gasteiger partial charge < -0.3 is 15.5 Å². The number of carbonyl (C=O) groups excluding carboxylic acids is 1. The molecule has 1 aromatic heterocycles. The first kappa shape index (κ1) is 15.8. The van der Waals surface area contributed by atoms with Crippen molar-refractivity contribution in [3.63, 3.8) is 0 Å². The normalized spacial score (nSPS) is 19.2. The summed E-state index contributed by atoms with van der Waals surface area (Å²) in [7, 11) is 2.14. The Morgan fingerprint density at radius 3 is 3.14 bits per heavy atom. The van der Waals surface area contributed by atoms with Crippen LogP contribution in [0.25, 0.3) is 0 Å². The third-order valence-corrected chi connectivity index (χ3v) is 3.90. The fraction of sp³-hybridized carbons (Fsp3) is 0.625. The molecule has 5 heteroatoms. The van der Waals surface area contributed by atoms with Crippen molar-refractivity contribution in [3.8, 4) is 0 Å².